The highest BCUT2D eigenvalue weighted by Gasteiger charge is 2.65. The molecular formula is C9H6F5NOS. The van der Waals surface area contributed by atoms with Gasteiger partial charge in [0.2, 0.25) is 5.56 Å². The van der Waals surface area contributed by atoms with Gasteiger partial charge in [-0.2, -0.15) is 0 Å². The van der Waals surface area contributed by atoms with Crippen molar-refractivity contribution in [3.63, 3.8) is 0 Å². The first-order valence-corrected chi connectivity index (χ1v) is 6.28. The fourth-order valence-corrected chi connectivity index (χ4v) is 2.03. The molecule has 0 amide bonds. The molecule has 94 valence electrons. The highest BCUT2D eigenvalue weighted by atomic mass is 32.5. The molecule has 1 aromatic heterocycles. The second-order valence-electron chi connectivity index (χ2n) is 3.54. The average Bonchev–Trinajstić information content (AvgIpc) is 2.13. The average molecular weight is 271 g/mol. The minimum atomic E-state index is -9.69. The van der Waals surface area contributed by atoms with Crippen LogP contribution in [0.25, 0.3) is 10.9 Å². The molecule has 0 unspecified atom stereocenters. The van der Waals surface area contributed by atoms with E-state index in [2.05, 4.69) is 4.98 Å². The van der Waals surface area contributed by atoms with Crippen LogP contribution in [0.4, 0.5) is 19.4 Å². The second-order valence-corrected chi connectivity index (χ2v) is 5.95. The number of halogens is 5. The van der Waals surface area contributed by atoms with Gasteiger partial charge >= 0.3 is 10.2 Å². The van der Waals surface area contributed by atoms with E-state index in [0.29, 0.717) is 6.07 Å². The van der Waals surface area contributed by atoms with Gasteiger partial charge in [-0.05, 0) is 23.6 Å². The number of aromatic nitrogens is 1. The smallest absolute Gasteiger partial charge is 0.310 e. The van der Waals surface area contributed by atoms with Crippen molar-refractivity contribution in [2.45, 2.75) is 4.90 Å². The number of H-pyrrole nitrogens is 1. The zero-order valence-corrected chi connectivity index (χ0v) is 8.91. The molecule has 0 aliphatic heterocycles. The maximum absolute atomic E-state index is 12.5. The summed E-state index contributed by atoms with van der Waals surface area (Å²) in [6.45, 7) is 0. The molecule has 0 saturated carbocycles. The van der Waals surface area contributed by atoms with Gasteiger partial charge in [-0.3, -0.25) is 4.79 Å². The first-order chi connectivity index (χ1) is 7.45. The minimum absolute atomic E-state index is 0.246. The Morgan fingerprint density at radius 3 is 2.12 bits per heavy atom. The Kier molecular flexibility index (Phi) is 1.84. The van der Waals surface area contributed by atoms with Gasteiger partial charge in [0.1, 0.15) is 4.90 Å². The van der Waals surface area contributed by atoms with E-state index in [1.54, 1.807) is 0 Å². The molecular weight excluding hydrogens is 265 g/mol. The van der Waals surface area contributed by atoms with Crippen molar-refractivity contribution in [3.8, 4) is 0 Å². The van der Waals surface area contributed by atoms with Crippen LogP contribution >= 0.6 is 10.2 Å². The SMILES string of the molecule is O=c1ccc2ccc(S(F)(F)(F)(F)F)cc2[nH]1. The number of nitrogens with one attached hydrogen (secondary N) is 1. The zero-order chi connectivity index (χ0) is 13.0. The Morgan fingerprint density at radius 2 is 1.53 bits per heavy atom. The van der Waals surface area contributed by atoms with E-state index >= 15 is 0 Å². The molecule has 17 heavy (non-hydrogen) atoms. The second kappa shape index (κ2) is 2.63. The summed E-state index contributed by atoms with van der Waals surface area (Å²) in [4.78, 5) is 10.9. The van der Waals surface area contributed by atoms with E-state index in [4.69, 9.17) is 0 Å². The van der Waals surface area contributed by atoms with Crippen LogP contribution in [0.1, 0.15) is 0 Å². The minimum Gasteiger partial charge on any atom is -0.322 e. The fraction of sp³-hybridized carbons (Fsp3) is 0. The number of fused-ring (bicyclic) bond motifs is 1. The molecule has 0 fully saturated rings. The van der Waals surface area contributed by atoms with E-state index in [1.165, 1.54) is 6.07 Å². The molecule has 0 spiro atoms. The molecule has 0 aliphatic rings. The molecule has 1 heterocycles. The van der Waals surface area contributed by atoms with Crippen LogP contribution in [-0.4, -0.2) is 4.98 Å². The molecule has 2 aromatic rings. The lowest BCUT2D eigenvalue weighted by atomic mass is 10.2. The molecule has 0 bridgehead atoms. The van der Waals surface area contributed by atoms with E-state index in [0.717, 1.165) is 12.1 Å². The van der Waals surface area contributed by atoms with Gasteiger partial charge in [-0.25, -0.2) is 0 Å². The zero-order valence-electron chi connectivity index (χ0n) is 8.09. The molecule has 1 N–H and O–H groups in total. The monoisotopic (exact) mass is 271 g/mol. The van der Waals surface area contributed by atoms with E-state index < -0.39 is 20.7 Å². The van der Waals surface area contributed by atoms with Crippen molar-refractivity contribution < 1.29 is 19.4 Å². The number of pyridine rings is 1. The number of benzene rings is 1. The van der Waals surface area contributed by atoms with Gasteiger partial charge in [0.05, 0.1) is 0 Å². The van der Waals surface area contributed by atoms with Gasteiger partial charge in [-0.1, -0.05) is 25.5 Å². The summed E-state index contributed by atoms with van der Waals surface area (Å²) in [6, 6.07) is 3.80. The maximum atomic E-state index is 12.5. The lowest BCUT2D eigenvalue weighted by molar-refractivity contribution is 0.364. The Hall–Kier alpha value is -1.57. The van der Waals surface area contributed by atoms with Crippen LogP contribution in [0, 0.1) is 0 Å². The van der Waals surface area contributed by atoms with Crippen LogP contribution < -0.4 is 5.56 Å². The van der Waals surface area contributed by atoms with Crippen molar-refractivity contribution in [1.29, 1.82) is 0 Å². The van der Waals surface area contributed by atoms with Crippen LogP contribution in [0.5, 0.6) is 0 Å². The van der Waals surface area contributed by atoms with Gasteiger partial charge < -0.3 is 4.98 Å². The van der Waals surface area contributed by atoms with Crippen molar-refractivity contribution >= 4 is 21.1 Å². The maximum Gasteiger partial charge on any atom is 0.310 e. The van der Waals surface area contributed by atoms with E-state index in [-0.39, 0.29) is 17.0 Å². The lowest BCUT2D eigenvalue weighted by Gasteiger charge is -2.40. The number of aromatic amines is 1. The highest BCUT2D eigenvalue weighted by Crippen LogP contribution is 3.02. The van der Waals surface area contributed by atoms with Gasteiger partial charge in [0, 0.05) is 11.6 Å². The van der Waals surface area contributed by atoms with Crippen molar-refractivity contribution in [1.82, 2.24) is 4.98 Å². The summed E-state index contributed by atoms with van der Waals surface area (Å²) in [5.41, 5.74) is -0.931. The molecule has 0 radical (unpaired) electrons. The first kappa shape index (κ1) is 11.9. The van der Waals surface area contributed by atoms with E-state index in [9.17, 15) is 24.2 Å². The first-order valence-electron chi connectivity index (χ1n) is 4.33. The van der Waals surface area contributed by atoms with Crippen LogP contribution in [0.3, 0.4) is 0 Å². The molecule has 1 aromatic carbocycles. The number of hydrogen-bond donors (Lipinski definition) is 1. The largest absolute Gasteiger partial charge is 0.322 e. The third-order valence-electron chi connectivity index (χ3n) is 2.14. The quantitative estimate of drug-likeness (QED) is 0.775. The van der Waals surface area contributed by atoms with Crippen LogP contribution in [0.2, 0.25) is 0 Å². The third kappa shape index (κ3) is 2.41. The summed E-state index contributed by atoms with van der Waals surface area (Å²) < 4.78 is 62.4. The van der Waals surface area contributed by atoms with Gasteiger partial charge in [-0.15, -0.1) is 0 Å². The van der Waals surface area contributed by atoms with Crippen LogP contribution in [0.15, 0.2) is 40.0 Å². The van der Waals surface area contributed by atoms with Gasteiger partial charge in [0.25, 0.3) is 0 Å². The molecule has 2 rings (SSSR count). The molecule has 8 heteroatoms. The number of hydrogen-bond acceptors (Lipinski definition) is 1. The number of rotatable bonds is 1. The third-order valence-corrected chi connectivity index (χ3v) is 3.29. The fourth-order valence-electron chi connectivity index (χ4n) is 1.37. The molecule has 0 saturated heterocycles. The summed E-state index contributed by atoms with van der Waals surface area (Å²) >= 11 is 0. The predicted molar refractivity (Wildman–Crippen MR) is 56.0 cm³/mol. The van der Waals surface area contributed by atoms with Crippen molar-refractivity contribution in [2.75, 3.05) is 0 Å². The summed E-state index contributed by atoms with van der Waals surface area (Å²) in [5.74, 6) is 0. The topological polar surface area (TPSA) is 32.9 Å². The lowest BCUT2D eigenvalue weighted by Crippen LogP contribution is -2.07. The normalized spacial score (nSPS) is 16.5. The molecule has 2 nitrogen and oxygen atoms in total. The molecule has 0 aliphatic carbocycles. The molecule has 0 atom stereocenters. The summed E-state index contributed by atoms with van der Waals surface area (Å²) in [5, 5.41) is 0.246. The predicted octanol–water partition coefficient (Wildman–Crippen LogP) is 4.19. The van der Waals surface area contributed by atoms with Crippen molar-refractivity contribution in [3.05, 3.63) is 40.7 Å². The van der Waals surface area contributed by atoms with Gasteiger partial charge in [0.15, 0.2) is 0 Å². The summed E-state index contributed by atoms with van der Waals surface area (Å²) in [6.07, 6.45) is 0. The standard InChI is InChI=1S/C9H6F5NOS/c10-17(11,12,13,14)7-3-1-6-2-4-9(16)15-8(6)5-7/h1-5H,(H,15,16). The Balaban J connectivity index is 2.81. The highest BCUT2D eigenvalue weighted by molar-refractivity contribution is 8.45. The van der Waals surface area contributed by atoms with Crippen molar-refractivity contribution in [2.24, 2.45) is 0 Å². The van der Waals surface area contributed by atoms with Crippen LogP contribution in [-0.2, 0) is 0 Å². The summed E-state index contributed by atoms with van der Waals surface area (Å²) in [7, 11) is -9.69. The Morgan fingerprint density at radius 1 is 0.941 bits per heavy atom. The van der Waals surface area contributed by atoms with E-state index in [1.807, 2.05) is 0 Å². The Bertz CT molecular complexity index is 660. The Labute approximate surface area is 91.8 Å².